The lowest BCUT2D eigenvalue weighted by atomic mass is 9.93. The van der Waals surface area contributed by atoms with E-state index in [0.29, 0.717) is 18.8 Å². The number of hydrogen-bond donors (Lipinski definition) is 2. The Bertz CT molecular complexity index is 220. The van der Waals surface area contributed by atoms with Crippen molar-refractivity contribution < 1.29 is 9.90 Å². The van der Waals surface area contributed by atoms with E-state index in [1.807, 2.05) is 0 Å². The Morgan fingerprint density at radius 2 is 1.82 bits per heavy atom. The van der Waals surface area contributed by atoms with Gasteiger partial charge in [-0.1, -0.05) is 25.7 Å². The highest BCUT2D eigenvalue weighted by molar-refractivity contribution is 5.76. The van der Waals surface area contributed by atoms with Crippen molar-refractivity contribution in [2.45, 2.75) is 77.4 Å². The number of nitrogens with one attached hydrogen (secondary N) is 1. The summed E-state index contributed by atoms with van der Waals surface area (Å²) in [6.45, 7) is 3.85. The minimum Gasteiger partial charge on any atom is -0.393 e. The normalized spacial score (nSPS) is 21.6. The molecule has 1 aliphatic rings. The van der Waals surface area contributed by atoms with Crippen LogP contribution in [0.4, 0.5) is 0 Å². The molecule has 3 nitrogen and oxygen atoms in total. The molecule has 0 aromatic heterocycles. The zero-order chi connectivity index (χ0) is 12.7. The molecule has 0 spiro atoms. The average molecular weight is 241 g/mol. The summed E-state index contributed by atoms with van der Waals surface area (Å²) in [6.07, 6.45) is 8.41. The fourth-order valence-corrected chi connectivity index (χ4v) is 2.59. The van der Waals surface area contributed by atoms with Gasteiger partial charge in [0.05, 0.1) is 6.10 Å². The molecule has 0 bridgehead atoms. The van der Waals surface area contributed by atoms with Crippen LogP contribution in [0.1, 0.15) is 65.2 Å². The Morgan fingerprint density at radius 1 is 1.24 bits per heavy atom. The molecule has 1 fully saturated rings. The first-order valence-electron chi connectivity index (χ1n) is 7.07. The summed E-state index contributed by atoms with van der Waals surface area (Å²) in [5.74, 6) is 0.732. The average Bonchev–Trinajstić information content (AvgIpc) is 2.54. The van der Waals surface area contributed by atoms with E-state index in [2.05, 4.69) is 12.2 Å². The Morgan fingerprint density at radius 3 is 2.35 bits per heavy atom. The molecular weight excluding hydrogens is 214 g/mol. The third-order valence-electron chi connectivity index (χ3n) is 3.78. The molecule has 100 valence electrons. The topological polar surface area (TPSA) is 49.3 Å². The first-order chi connectivity index (χ1) is 8.09. The number of carbonyl (C=O) groups excluding carboxylic acids is 1. The first kappa shape index (κ1) is 14.5. The van der Waals surface area contributed by atoms with Crippen molar-refractivity contribution in [3.05, 3.63) is 0 Å². The van der Waals surface area contributed by atoms with Gasteiger partial charge in [-0.2, -0.15) is 0 Å². The highest BCUT2D eigenvalue weighted by atomic mass is 16.3. The van der Waals surface area contributed by atoms with E-state index in [1.54, 1.807) is 6.92 Å². The van der Waals surface area contributed by atoms with E-state index in [1.165, 1.54) is 38.5 Å². The Kier molecular flexibility index (Phi) is 6.56. The lowest BCUT2D eigenvalue weighted by molar-refractivity contribution is -0.122. The molecule has 2 atom stereocenters. The van der Waals surface area contributed by atoms with Gasteiger partial charge < -0.3 is 10.4 Å². The minimum atomic E-state index is -0.381. The number of hydrogen-bond acceptors (Lipinski definition) is 2. The molecule has 3 heteroatoms. The molecule has 1 rings (SSSR count). The van der Waals surface area contributed by atoms with Crippen LogP contribution in [0.2, 0.25) is 0 Å². The molecule has 1 amide bonds. The molecule has 0 radical (unpaired) electrons. The molecule has 0 heterocycles. The van der Waals surface area contributed by atoms with E-state index in [4.69, 9.17) is 5.11 Å². The quantitative estimate of drug-likeness (QED) is 0.727. The summed E-state index contributed by atoms with van der Waals surface area (Å²) in [4.78, 5) is 11.7. The third-order valence-corrected chi connectivity index (χ3v) is 3.78. The van der Waals surface area contributed by atoms with E-state index in [0.717, 1.165) is 0 Å². The molecule has 0 aliphatic heterocycles. The molecule has 0 aromatic carbocycles. The van der Waals surface area contributed by atoms with Gasteiger partial charge in [0.2, 0.25) is 5.91 Å². The van der Waals surface area contributed by atoms with Crippen LogP contribution >= 0.6 is 0 Å². The Balaban J connectivity index is 2.26. The van der Waals surface area contributed by atoms with Crippen LogP contribution in [0.25, 0.3) is 0 Å². The van der Waals surface area contributed by atoms with Crippen molar-refractivity contribution in [1.29, 1.82) is 0 Å². The van der Waals surface area contributed by atoms with Crippen LogP contribution in [-0.4, -0.2) is 23.2 Å². The van der Waals surface area contributed by atoms with Gasteiger partial charge in [-0.15, -0.1) is 0 Å². The molecule has 0 aromatic rings. The van der Waals surface area contributed by atoms with Gasteiger partial charge in [-0.25, -0.2) is 0 Å². The van der Waals surface area contributed by atoms with Crippen molar-refractivity contribution in [2.24, 2.45) is 5.92 Å². The third kappa shape index (κ3) is 6.06. The first-order valence-corrected chi connectivity index (χ1v) is 7.07. The summed E-state index contributed by atoms with van der Waals surface area (Å²) >= 11 is 0. The summed E-state index contributed by atoms with van der Waals surface area (Å²) in [7, 11) is 0. The Labute approximate surface area is 105 Å². The number of amides is 1. The van der Waals surface area contributed by atoms with E-state index >= 15 is 0 Å². The zero-order valence-electron chi connectivity index (χ0n) is 11.2. The largest absolute Gasteiger partial charge is 0.393 e. The summed E-state index contributed by atoms with van der Waals surface area (Å²) in [6, 6.07) is 0.287. The van der Waals surface area contributed by atoms with Gasteiger partial charge in [0.1, 0.15) is 0 Å². The van der Waals surface area contributed by atoms with Crippen molar-refractivity contribution >= 4 is 5.91 Å². The highest BCUT2D eigenvalue weighted by Crippen LogP contribution is 2.25. The van der Waals surface area contributed by atoms with Crippen LogP contribution in [-0.2, 0) is 4.79 Å². The van der Waals surface area contributed by atoms with E-state index in [-0.39, 0.29) is 18.1 Å². The molecule has 1 saturated carbocycles. The van der Waals surface area contributed by atoms with Gasteiger partial charge in [0, 0.05) is 12.5 Å². The fraction of sp³-hybridized carbons (Fsp3) is 0.929. The van der Waals surface area contributed by atoms with Crippen molar-refractivity contribution in [2.75, 3.05) is 0 Å². The maximum Gasteiger partial charge on any atom is 0.220 e. The predicted molar refractivity (Wildman–Crippen MR) is 69.7 cm³/mol. The van der Waals surface area contributed by atoms with Crippen molar-refractivity contribution in [3.8, 4) is 0 Å². The molecule has 1 unspecified atom stereocenters. The fourth-order valence-electron chi connectivity index (χ4n) is 2.59. The number of aliphatic hydroxyl groups is 1. The lowest BCUT2D eigenvalue weighted by Crippen LogP contribution is -2.38. The summed E-state index contributed by atoms with van der Waals surface area (Å²) in [5.41, 5.74) is 0. The minimum absolute atomic E-state index is 0.0858. The van der Waals surface area contributed by atoms with Crippen molar-refractivity contribution in [3.63, 3.8) is 0 Å². The lowest BCUT2D eigenvalue weighted by Gasteiger charge is -2.23. The monoisotopic (exact) mass is 241 g/mol. The Hall–Kier alpha value is -0.570. The molecule has 1 aliphatic carbocycles. The number of aliphatic hydroxyl groups excluding tert-OH is 1. The van der Waals surface area contributed by atoms with Gasteiger partial charge in [-0.3, -0.25) is 4.79 Å². The second-order valence-corrected chi connectivity index (χ2v) is 5.50. The van der Waals surface area contributed by atoms with Crippen molar-refractivity contribution in [1.82, 2.24) is 5.32 Å². The second-order valence-electron chi connectivity index (χ2n) is 5.50. The van der Waals surface area contributed by atoms with Crippen LogP contribution in [0.15, 0.2) is 0 Å². The van der Waals surface area contributed by atoms with E-state index in [9.17, 15) is 4.79 Å². The summed E-state index contributed by atoms with van der Waals surface area (Å²) < 4.78 is 0. The molecular formula is C14H27NO2. The highest BCUT2D eigenvalue weighted by Gasteiger charge is 2.20. The summed E-state index contributed by atoms with van der Waals surface area (Å²) in [5, 5.41) is 12.2. The number of rotatable bonds is 5. The molecule has 17 heavy (non-hydrogen) atoms. The maximum atomic E-state index is 11.7. The molecule has 0 saturated heterocycles. The predicted octanol–water partition coefficient (Wildman–Crippen LogP) is 2.62. The maximum absolute atomic E-state index is 11.7. The second kappa shape index (κ2) is 7.70. The van der Waals surface area contributed by atoms with Gasteiger partial charge in [0.25, 0.3) is 0 Å². The molecule has 2 N–H and O–H groups in total. The van der Waals surface area contributed by atoms with Gasteiger partial charge in [-0.05, 0) is 39.0 Å². The SMILES string of the molecule is CC(O)CCC(=O)N[C@H](C)C1CCCCCC1. The van der Waals surface area contributed by atoms with Crippen LogP contribution in [0, 0.1) is 5.92 Å². The standard InChI is InChI=1S/C14H27NO2/c1-11(16)9-10-14(17)15-12(2)13-7-5-3-4-6-8-13/h11-13,16H,3-10H2,1-2H3,(H,15,17)/t11?,12-/m1/s1. The van der Waals surface area contributed by atoms with Crippen LogP contribution in [0.3, 0.4) is 0 Å². The van der Waals surface area contributed by atoms with E-state index < -0.39 is 0 Å². The number of carbonyl (C=O) groups is 1. The smallest absolute Gasteiger partial charge is 0.220 e. The van der Waals surface area contributed by atoms with Gasteiger partial charge >= 0.3 is 0 Å². The van der Waals surface area contributed by atoms with Crippen LogP contribution in [0.5, 0.6) is 0 Å². The van der Waals surface area contributed by atoms with Crippen LogP contribution < -0.4 is 5.32 Å². The zero-order valence-corrected chi connectivity index (χ0v) is 11.2. The van der Waals surface area contributed by atoms with Gasteiger partial charge in [0.15, 0.2) is 0 Å².